The molecule has 0 saturated carbocycles. The molecule has 0 aliphatic heterocycles. The normalized spacial score (nSPS) is 16.5. The Bertz CT molecular complexity index is 662. The molecule has 0 saturated heterocycles. The number of rotatable bonds is 9. The zero-order chi connectivity index (χ0) is 18.9. The van der Waals surface area contributed by atoms with Crippen LogP contribution < -0.4 is 0 Å². The van der Waals surface area contributed by atoms with E-state index < -0.39 is 31.0 Å². The van der Waals surface area contributed by atoms with Gasteiger partial charge in [0.2, 0.25) is 0 Å². The molecule has 26 heavy (non-hydrogen) atoms. The minimum absolute atomic E-state index is 0.549. The molecule has 2 rings (SSSR count). The van der Waals surface area contributed by atoms with Crippen LogP contribution in [0, 0.1) is 0 Å². The van der Waals surface area contributed by atoms with E-state index in [-0.39, 0.29) is 0 Å². The summed E-state index contributed by atoms with van der Waals surface area (Å²) < 4.78 is 0. The Morgan fingerprint density at radius 1 is 0.885 bits per heavy atom. The summed E-state index contributed by atoms with van der Waals surface area (Å²) in [7, 11) is 1.84. The first-order valence-electron chi connectivity index (χ1n) is 8.65. The zero-order valence-corrected chi connectivity index (χ0v) is 14.9. The molecule has 5 nitrogen and oxygen atoms in total. The first-order chi connectivity index (χ1) is 12.5. The van der Waals surface area contributed by atoms with Crippen molar-refractivity contribution in [3.8, 4) is 0 Å². The third-order valence-electron chi connectivity index (χ3n) is 4.35. The second-order valence-electron chi connectivity index (χ2n) is 6.39. The predicted octanol–water partition coefficient (Wildman–Crippen LogP) is 1.28. The third-order valence-corrected chi connectivity index (χ3v) is 4.35. The maximum Gasteiger partial charge on any atom is 0.110 e. The van der Waals surface area contributed by atoms with Crippen LogP contribution in [0.1, 0.15) is 11.1 Å². The van der Waals surface area contributed by atoms with E-state index >= 15 is 0 Å². The average molecular weight is 357 g/mol. The van der Waals surface area contributed by atoms with Crippen molar-refractivity contribution in [2.24, 2.45) is 0 Å². The molecule has 5 heteroatoms. The Morgan fingerprint density at radius 2 is 1.46 bits per heavy atom. The van der Waals surface area contributed by atoms with Crippen LogP contribution in [0.2, 0.25) is 0 Å². The van der Waals surface area contributed by atoms with Gasteiger partial charge in [0.25, 0.3) is 0 Å². The van der Waals surface area contributed by atoms with Crippen molar-refractivity contribution in [3.63, 3.8) is 0 Å². The second-order valence-corrected chi connectivity index (χ2v) is 6.39. The van der Waals surface area contributed by atoms with Crippen LogP contribution in [0.25, 0.3) is 6.08 Å². The summed E-state index contributed by atoms with van der Waals surface area (Å²) in [5.41, 5.74) is 2.03. The Labute approximate surface area is 154 Å². The minimum Gasteiger partial charge on any atom is -0.394 e. The lowest BCUT2D eigenvalue weighted by molar-refractivity contribution is -0.0937. The molecule has 4 N–H and O–H groups in total. The van der Waals surface area contributed by atoms with Crippen molar-refractivity contribution in [2.45, 2.75) is 30.9 Å². The topological polar surface area (TPSA) is 84.2 Å². The number of benzene rings is 2. The summed E-state index contributed by atoms with van der Waals surface area (Å²) in [4.78, 5) is 1.90. The maximum atomic E-state index is 10.6. The maximum absolute atomic E-state index is 10.6. The van der Waals surface area contributed by atoms with Crippen molar-refractivity contribution >= 4 is 6.08 Å². The van der Waals surface area contributed by atoms with Crippen LogP contribution in [0.15, 0.2) is 66.7 Å². The molecule has 0 aliphatic carbocycles. The van der Waals surface area contributed by atoms with E-state index in [1.165, 1.54) is 0 Å². The average Bonchev–Trinajstić information content (AvgIpc) is 2.68. The molecule has 0 aliphatic rings. The van der Waals surface area contributed by atoms with E-state index in [2.05, 4.69) is 0 Å². The molecule has 4 atom stereocenters. The summed E-state index contributed by atoms with van der Waals surface area (Å²) in [5, 5.41) is 39.5. The van der Waals surface area contributed by atoms with E-state index in [0.29, 0.717) is 6.54 Å². The van der Waals surface area contributed by atoms with Gasteiger partial charge in [-0.25, -0.2) is 0 Å². The van der Waals surface area contributed by atoms with Gasteiger partial charge in [-0.05, 0) is 18.2 Å². The van der Waals surface area contributed by atoms with Crippen LogP contribution >= 0.6 is 0 Å². The van der Waals surface area contributed by atoms with Crippen LogP contribution in [0.3, 0.4) is 0 Å². The number of aliphatic hydroxyl groups is 4. The smallest absolute Gasteiger partial charge is 0.110 e. The highest BCUT2D eigenvalue weighted by molar-refractivity contribution is 5.49. The summed E-state index contributed by atoms with van der Waals surface area (Å²) in [5.74, 6) is 0. The predicted molar refractivity (Wildman–Crippen MR) is 102 cm³/mol. The standard InChI is InChI=1S/C21H27NO4/c1-22(14-17-10-6-3-7-11-17)18(20(25)21(26)19(24)15-23)13-12-16-8-4-2-5-9-16/h2-13,18-21,23-26H,14-15H2,1H3/b13-12+/t18-,19+,20-,21+/m0/s1. The second kappa shape index (κ2) is 10.2. The molecule has 2 aromatic rings. The Kier molecular flexibility index (Phi) is 7.97. The van der Waals surface area contributed by atoms with Crippen LogP contribution in [-0.2, 0) is 6.54 Å². The van der Waals surface area contributed by atoms with E-state index in [1.807, 2.05) is 78.7 Å². The van der Waals surface area contributed by atoms with Gasteiger partial charge < -0.3 is 20.4 Å². The van der Waals surface area contributed by atoms with Gasteiger partial charge >= 0.3 is 0 Å². The van der Waals surface area contributed by atoms with Gasteiger partial charge in [0.05, 0.1) is 12.6 Å². The molecule has 2 aromatic carbocycles. The highest BCUT2D eigenvalue weighted by Gasteiger charge is 2.32. The zero-order valence-electron chi connectivity index (χ0n) is 14.9. The monoisotopic (exact) mass is 357 g/mol. The summed E-state index contributed by atoms with van der Waals surface area (Å²) in [6, 6.07) is 18.9. The molecule has 0 spiro atoms. The number of likely N-dealkylation sites (N-methyl/N-ethyl adjacent to an activating group) is 1. The van der Waals surface area contributed by atoms with Crippen molar-refractivity contribution in [1.29, 1.82) is 0 Å². The number of hydrogen-bond acceptors (Lipinski definition) is 5. The van der Waals surface area contributed by atoms with Crippen molar-refractivity contribution in [3.05, 3.63) is 77.9 Å². The lowest BCUT2D eigenvalue weighted by Gasteiger charge is -2.33. The molecular formula is C21H27NO4. The van der Waals surface area contributed by atoms with Crippen molar-refractivity contribution in [2.75, 3.05) is 13.7 Å². The molecule has 0 aromatic heterocycles. The molecule has 0 bridgehead atoms. The Morgan fingerprint density at radius 3 is 2.04 bits per heavy atom. The van der Waals surface area contributed by atoms with Gasteiger partial charge in [0.1, 0.15) is 18.3 Å². The van der Waals surface area contributed by atoms with Crippen LogP contribution in [-0.4, -0.2) is 63.3 Å². The Hall–Kier alpha value is -2.02. The van der Waals surface area contributed by atoms with Crippen molar-refractivity contribution in [1.82, 2.24) is 4.90 Å². The Balaban J connectivity index is 2.20. The minimum atomic E-state index is -1.45. The van der Waals surface area contributed by atoms with Gasteiger partial charge in [-0.3, -0.25) is 4.90 Å². The van der Waals surface area contributed by atoms with Gasteiger partial charge in [-0.1, -0.05) is 72.8 Å². The van der Waals surface area contributed by atoms with E-state index in [0.717, 1.165) is 11.1 Å². The van der Waals surface area contributed by atoms with Gasteiger partial charge in [-0.15, -0.1) is 0 Å². The summed E-state index contributed by atoms with van der Waals surface area (Å²) >= 11 is 0. The highest BCUT2D eigenvalue weighted by atomic mass is 16.4. The molecule has 0 radical (unpaired) electrons. The lowest BCUT2D eigenvalue weighted by atomic mass is 9.98. The molecule has 0 heterocycles. The summed E-state index contributed by atoms with van der Waals surface area (Å²) in [6.07, 6.45) is -0.443. The van der Waals surface area contributed by atoms with E-state index in [4.69, 9.17) is 5.11 Å². The van der Waals surface area contributed by atoms with Gasteiger partial charge in [-0.2, -0.15) is 0 Å². The SMILES string of the molecule is CN(Cc1ccccc1)[C@@H](/C=C/c1ccccc1)[C@H](O)[C@H](O)[C@H](O)CO. The molecule has 140 valence electrons. The quantitative estimate of drug-likeness (QED) is 0.543. The summed E-state index contributed by atoms with van der Waals surface area (Å²) in [6.45, 7) is -0.0562. The molecular weight excluding hydrogens is 330 g/mol. The highest BCUT2D eigenvalue weighted by Crippen LogP contribution is 2.16. The number of aliphatic hydroxyl groups excluding tert-OH is 4. The van der Waals surface area contributed by atoms with Crippen LogP contribution in [0.5, 0.6) is 0 Å². The largest absolute Gasteiger partial charge is 0.394 e. The lowest BCUT2D eigenvalue weighted by Crippen LogP contribution is -2.50. The van der Waals surface area contributed by atoms with Crippen molar-refractivity contribution < 1.29 is 20.4 Å². The van der Waals surface area contributed by atoms with Gasteiger partial charge in [0.15, 0.2) is 0 Å². The van der Waals surface area contributed by atoms with E-state index in [1.54, 1.807) is 6.08 Å². The fraction of sp³-hybridized carbons (Fsp3) is 0.333. The fourth-order valence-electron chi connectivity index (χ4n) is 2.81. The van der Waals surface area contributed by atoms with Crippen LogP contribution in [0.4, 0.5) is 0 Å². The molecule has 0 unspecified atom stereocenters. The van der Waals surface area contributed by atoms with Gasteiger partial charge in [0, 0.05) is 6.54 Å². The molecule has 0 amide bonds. The molecule has 0 fully saturated rings. The fourth-order valence-corrected chi connectivity index (χ4v) is 2.81. The first-order valence-corrected chi connectivity index (χ1v) is 8.65. The number of hydrogen-bond donors (Lipinski definition) is 4. The van der Waals surface area contributed by atoms with E-state index in [9.17, 15) is 15.3 Å². The third kappa shape index (κ3) is 5.76. The first kappa shape index (κ1) is 20.3. The number of nitrogens with zero attached hydrogens (tertiary/aromatic N) is 1.